The van der Waals surface area contributed by atoms with Crippen molar-refractivity contribution in [3.05, 3.63) is 30.3 Å². The van der Waals surface area contributed by atoms with Crippen LogP contribution in [0.15, 0.2) is 30.3 Å². The predicted molar refractivity (Wildman–Crippen MR) is 50.5 cm³/mol. The summed E-state index contributed by atoms with van der Waals surface area (Å²) in [7, 11) is 0.345. The highest BCUT2D eigenvalue weighted by Gasteiger charge is 1.93. The molecule has 0 atom stereocenters. The van der Waals surface area contributed by atoms with Crippen LogP contribution in [0, 0.1) is 0 Å². The van der Waals surface area contributed by atoms with E-state index in [-0.39, 0.29) is 0 Å². The third-order valence-electron chi connectivity index (χ3n) is 1.40. The summed E-state index contributed by atoms with van der Waals surface area (Å²) < 4.78 is 10.5. The molecule has 1 aromatic carbocycles. The van der Waals surface area contributed by atoms with Gasteiger partial charge in [-0.15, -0.1) is 0 Å². The van der Waals surface area contributed by atoms with E-state index < -0.39 is 0 Å². The van der Waals surface area contributed by atoms with Crippen molar-refractivity contribution in [1.29, 1.82) is 0 Å². The molecular weight excluding hydrogens is 151 g/mol. The van der Waals surface area contributed by atoms with Crippen LogP contribution in [-0.2, 0) is 4.65 Å². The predicted octanol–water partition coefficient (Wildman–Crippen LogP) is 1.76. The summed E-state index contributed by atoms with van der Waals surface area (Å²) in [6.45, 7) is 2.83. The van der Waals surface area contributed by atoms with Crippen LogP contribution >= 0.6 is 0 Å². The van der Waals surface area contributed by atoms with Crippen LogP contribution in [-0.4, -0.2) is 14.3 Å². The topological polar surface area (TPSA) is 18.5 Å². The molecule has 0 fully saturated rings. The zero-order chi connectivity index (χ0) is 8.65. The third-order valence-corrected chi connectivity index (χ3v) is 1.40. The molecule has 0 saturated heterocycles. The van der Waals surface area contributed by atoms with Crippen LogP contribution in [0.5, 0.6) is 5.75 Å². The molecule has 0 aliphatic rings. The summed E-state index contributed by atoms with van der Waals surface area (Å²) in [4.78, 5) is 0. The summed E-state index contributed by atoms with van der Waals surface area (Å²) in [5, 5.41) is 0. The van der Waals surface area contributed by atoms with Crippen molar-refractivity contribution in [2.24, 2.45) is 0 Å². The monoisotopic (exact) mass is 164 g/mol. The van der Waals surface area contributed by atoms with Crippen molar-refractivity contribution in [3.8, 4) is 5.75 Å². The third kappa shape index (κ3) is 3.44. The quantitative estimate of drug-likeness (QED) is 0.487. The Morgan fingerprint density at radius 1 is 1.25 bits per heavy atom. The molecule has 1 aromatic rings. The second-order valence-corrected chi connectivity index (χ2v) is 2.48. The first-order chi connectivity index (χ1) is 5.93. The van der Waals surface area contributed by atoms with E-state index >= 15 is 0 Å². The second-order valence-electron chi connectivity index (χ2n) is 2.48. The molecular formula is C9H13BO2. The van der Waals surface area contributed by atoms with Gasteiger partial charge in [0.2, 0.25) is 0 Å². The van der Waals surface area contributed by atoms with Crippen molar-refractivity contribution in [1.82, 2.24) is 0 Å². The van der Waals surface area contributed by atoms with Gasteiger partial charge < -0.3 is 9.31 Å². The van der Waals surface area contributed by atoms with Gasteiger partial charge >= 0.3 is 7.69 Å². The van der Waals surface area contributed by atoms with Crippen LogP contribution in [0.25, 0.3) is 0 Å². The van der Waals surface area contributed by atoms with Crippen molar-refractivity contribution in [2.75, 3.05) is 6.61 Å². The molecule has 0 spiro atoms. The average Bonchev–Trinajstić information content (AvgIpc) is 2.14. The molecule has 1 rings (SSSR count). The van der Waals surface area contributed by atoms with Crippen molar-refractivity contribution >= 4 is 7.69 Å². The minimum absolute atomic E-state index is 0.345. The van der Waals surface area contributed by atoms with Gasteiger partial charge in [-0.3, -0.25) is 0 Å². The maximum absolute atomic E-state index is 5.29. The smallest absolute Gasteiger partial charge is 0.506 e. The molecule has 12 heavy (non-hydrogen) atoms. The van der Waals surface area contributed by atoms with Gasteiger partial charge in [0.1, 0.15) is 5.75 Å². The number of rotatable bonds is 5. The highest BCUT2D eigenvalue weighted by molar-refractivity contribution is 6.19. The Bertz CT molecular complexity index is 201. The lowest BCUT2D eigenvalue weighted by Crippen LogP contribution is -2.07. The number of hydrogen-bond donors (Lipinski definition) is 0. The van der Waals surface area contributed by atoms with Gasteiger partial charge in [-0.1, -0.05) is 25.1 Å². The lowest BCUT2D eigenvalue weighted by atomic mass is 10.3. The van der Waals surface area contributed by atoms with E-state index in [0.717, 1.165) is 18.8 Å². The number of para-hydroxylation sites is 1. The normalized spacial score (nSPS) is 9.42. The van der Waals surface area contributed by atoms with E-state index in [9.17, 15) is 0 Å². The highest BCUT2D eigenvalue weighted by atomic mass is 16.6. The fourth-order valence-electron chi connectivity index (χ4n) is 0.830. The molecule has 0 N–H and O–H groups in total. The molecule has 0 aliphatic heterocycles. The van der Waals surface area contributed by atoms with Gasteiger partial charge in [-0.2, -0.15) is 0 Å². The van der Waals surface area contributed by atoms with Gasteiger partial charge in [0.05, 0.1) is 0 Å². The van der Waals surface area contributed by atoms with Gasteiger partial charge in [0.25, 0.3) is 0 Å². The first kappa shape index (κ1) is 9.14. The number of benzene rings is 1. The van der Waals surface area contributed by atoms with Crippen molar-refractivity contribution in [2.45, 2.75) is 13.3 Å². The van der Waals surface area contributed by atoms with Crippen LogP contribution in [0.1, 0.15) is 13.3 Å². The Labute approximate surface area is 73.8 Å². The minimum atomic E-state index is 0.345. The average molecular weight is 164 g/mol. The van der Waals surface area contributed by atoms with Crippen LogP contribution < -0.4 is 4.65 Å². The lowest BCUT2D eigenvalue weighted by molar-refractivity contribution is 0.289. The molecule has 0 heterocycles. The van der Waals surface area contributed by atoms with Gasteiger partial charge in [0, 0.05) is 6.61 Å². The molecule has 0 aliphatic carbocycles. The fraction of sp³-hybridized carbons (Fsp3) is 0.333. The Balaban J connectivity index is 2.16. The summed E-state index contributed by atoms with van der Waals surface area (Å²) in [6, 6.07) is 9.66. The minimum Gasteiger partial charge on any atom is -0.539 e. The standard InChI is InChI=1S/C9H13BO2/c1-2-8-11-10-12-9-6-4-3-5-7-9/h3-7,10H,2,8H2,1H3. The summed E-state index contributed by atoms with van der Waals surface area (Å²) in [6.07, 6.45) is 1.03. The van der Waals surface area contributed by atoms with E-state index in [4.69, 9.17) is 9.31 Å². The fourth-order valence-corrected chi connectivity index (χ4v) is 0.830. The number of hydrogen-bond acceptors (Lipinski definition) is 2. The molecule has 2 nitrogen and oxygen atoms in total. The van der Waals surface area contributed by atoms with Gasteiger partial charge in [0.15, 0.2) is 0 Å². The van der Waals surface area contributed by atoms with E-state index in [1.807, 2.05) is 30.3 Å². The van der Waals surface area contributed by atoms with Gasteiger partial charge in [-0.05, 0) is 18.6 Å². The van der Waals surface area contributed by atoms with E-state index in [1.54, 1.807) is 0 Å². The molecule has 0 unspecified atom stereocenters. The van der Waals surface area contributed by atoms with E-state index in [0.29, 0.717) is 7.69 Å². The first-order valence-corrected chi connectivity index (χ1v) is 4.19. The zero-order valence-electron chi connectivity index (χ0n) is 7.32. The van der Waals surface area contributed by atoms with E-state index in [2.05, 4.69) is 6.92 Å². The highest BCUT2D eigenvalue weighted by Crippen LogP contribution is 2.06. The van der Waals surface area contributed by atoms with Crippen LogP contribution in [0.3, 0.4) is 0 Å². The van der Waals surface area contributed by atoms with Crippen molar-refractivity contribution < 1.29 is 9.31 Å². The van der Waals surface area contributed by atoms with Gasteiger partial charge in [-0.25, -0.2) is 0 Å². The maximum Gasteiger partial charge on any atom is 0.506 e. The SMILES string of the molecule is CCCOBOc1ccccc1. The Hall–Kier alpha value is -0.955. The molecule has 3 heteroatoms. The largest absolute Gasteiger partial charge is 0.539 e. The Morgan fingerprint density at radius 2 is 2.00 bits per heavy atom. The van der Waals surface area contributed by atoms with E-state index in [1.165, 1.54) is 0 Å². The first-order valence-electron chi connectivity index (χ1n) is 4.19. The molecule has 0 saturated carbocycles. The van der Waals surface area contributed by atoms with Crippen LogP contribution in [0.4, 0.5) is 0 Å². The molecule has 64 valence electrons. The molecule has 0 radical (unpaired) electrons. The summed E-state index contributed by atoms with van der Waals surface area (Å²) in [5.74, 6) is 0.855. The lowest BCUT2D eigenvalue weighted by Gasteiger charge is -2.03. The maximum atomic E-state index is 5.29. The second kappa shape index (κ2) is 5.66. The Morgan fingerprint density at radius 3 is 2.67 bits per heavy atom. The van der Waals surface area contributed by atoms with Crippen molar-refractivity contribution in [3.63, 3.8) is 0 Å². The summed E-state index contributed by atoms with van der Waals surface area (Å²) >= 11 is 0. The van der Waals surface area contributed by atoms with Crippen LogP contribution in [0.2, 0.25) is 0 Å². The zero-order valence-corrected chi connectivity index (χ0v) is 7.32. The molecule has 0 bridgehead atoms. The molecule has 0 aromatic heterocycles. The summed E-state index contributed by atoms with van der Waals surface area (Å²) in [5.41, 5.74) is 0. The molecule has 0 amide bonds. The Kier molecular flexibility index (Phi) is 4.31.